The molecule has 2 aliphatic rings. The molecular weight excluding hydrogens is 480 g/mol. The Morgan fingerprint density at radius 1 is 1.11 bits per heavy atom. The number of allylic oxidation sites excluding steroid dienone is 1. The Balaban J connectivity index is 1.36. The van der Waals surface area contributed by atoms with E-state index in [1.165, 1.54) is 0 Å². The van der Waals surface area contributed by atoms with Gasteiger partial charge < -0.3 is 14.0 Å². The van der Waals surface area contributed by atoms with Gasteiger partial charge >= 0.3 is 0 Å². The molecule has 0 N–H and O–H groups in total. The fourth-order valence-corrected chi connectivity index (χ4v) is 4.94. The van der Waals surface area contributed by atoms with Crippen LogP contribution in [0.25, 0.3) is 11.0 Å². The van der Waals surface area contributed by atoms with Crippen LogP contribution in [0.3, 0.4) is 0 Å². The number of nitrogens with zero attached hydrogens (tertiary/aromatic N) is 6. The third-order valence-electron chi connectivity index (χ3n) is 5.99. The topological polar surface area (TPSA) is 78.3 Å². The van der Waals surface area contributed by atoms with E-state index in [2.05, 4.69) is 44.8 Å². The van der Waals surface area contributed by atoms with Crippen molar-refractivity contribution in [2.75, 3.05) is 6.61 Å². The second-order valence-corrected chi connectivity index (χ2v) is 15.8. The molecule has 10 heteroatoms. The maximum atomic E-state index is 6.80. The van der Waals surface area contributed by atoms with Crippen molar-refractivity contribution in [2.45, 2.75) is 45.9 Å². The van der Waals surface area contributed by atoms with Crippen molar-refractivity contribution in [2.24, 2.45) is 10.2 Å². The van der Waals surface area contributed by atoms with Crippen LogP contribution >= 0.6 is 11.6 Å². The maximum absolute atomic E-state index is 6.80. The highest BCUT2D eigenvalue weighted by Crippen LogP contribution is 2.37. The van der Waals surface area contributed by atoms with Crippen LogP contribution in [0.15, 0.2) is 52.4 Å². The molecule has 0 bridgehead atoms. The van der Waals surface area contributed by atoms with Crippen LogP contribution in [-0.2, 0) is 18.0 Å². The Kier molecular flexibility index (Phi) is 6.39. The van der Waals surface area contributed by atoms with Crippen molar-refractivity contribution >= 4 is 43.1 Å². The van der Waals surface area contributed by atoms with Gasteiger partial charge in [0.1, 0.15) is 29.8 Å². The second-order valence-electron chi connectivity index (χ2n) is 9.85. The zero-order valence-electron chi connectivity index (χ0n) is 20.3. The van der Waals surface area contributed by atoms with Gasteiger partial charge in [-0.15, -0.1) is 0 Å². The lowest BCUT2D eigenvalue weighted by Gasteiger charge is -2.24. The SMILES string of the molecule is Cc1nc2ccc(Oc3ccc4c(c3Cl)CN(C3=C[N]N=C3)N=C4)cc2n1COCC[Si](C)(C)C. The number of hydrogen-bond acceptors (Lipinski definition) is 6. The Morgan fingerprint density at radius 2 is 1.97 bits per heavy atom. The highest BCUT2D eigenvalue weighted by molar-refractivity contribution is 6.76. The smallest absolute Gasteiger partial charge is 0.146 e. The molecule has 0 saturated heterocycles. The molecule has 0 atom stereocenters. The van der Waals surface area contributed by atoms with E-state index >= 15 is 0 Å². The van der Waals surface area contributed by atoms with Crippen molar-refractivity contribution in [3.05, 3.63) is 64.2 Å². The molecule has 2 aliphatic heterocycles. The molecule has 35 heavy (non-hydrogen) atoms. The van der Waals surface area contributed by atoms with Gasteiger partial charge in [0, 0.05) is 31.9 Å². The van der Waals surface area contributed by atoms with Gasteiger partial charge in [0.2, 0.25) is 0 Å². The van der Waals surface area contributed by atoms with E-state index in [1.807, 2.05) is 42.3 Å². The Hall–Kier alpha value is -3.14. The first-order chi connectivity index (χ1) is 16.8. The van der Waals surface area contributed by atoms with Crippen LogP contribution < -0.4 is 10.2 Å². The van der Waals surface area contributed by atoms with Crippen LogP contribution in [0.2, 0.25) is 30.7 Å². The molecule has 0 spiro atoms. The first-order valence-corrected chi connectivity index (χ1v) is 15.7. The molecule has 8 nitrogen and oxygen atoms in total. The quantitative estimate of drug-likeness (QED) is 0.289. The van der Waals surface area contributed by atoms with E-state index in [0.29, 0.717) is 29.8 Å². The van der Waals surface area contributed by atoms with E-state index in [1.54, 1.807) is 18.6 Å². The summed E-state index contributed by atoms with van der Waals surface area (Å²) in [6.07, 6.45) is 5.13. The lowest BCUT2D eigenvalue weighted by atomic mass is 10.1. The van der Waals surface area contributed by atoms with Crippen LogP contribution in [0, 0.1) is 6.92 Å². The molecule has 3 heterocycles. The monoisotopic (exact) mass is 507 g/mol. The molecule has 0 unspecified atom stereocenters. The summed E-state index contributed by atoms with van der Waals surface area (Å²) in [6.45, 7) is 10.8. The van der Waals surface area contributed by atoms with Gasteiger partial charge in [-0.3, -0.25) is 5.01 Å². The lowest BCUT2D eigenvalue weighted by Crippen LogP contribution is -2.22. The summed E-state index contributed by atoms with van der Waals surface area (Å²) in [4.78, 5) is 4.68. The van der Waals surface area contributed by atoms with E-state index in [0.717, 1.165) is 46.3 Å². The van der Waals surface area contributed by atoms with Crippen LogP contribution in [-0.4, -0.2) is 41.7 Å². The molecule has 0 amide bonds. The molecule has 2 aromatic carbocycles. The number of aryl methyl sites for hydroxylation is 1. The summed E-state index contributed by atoms with van der Waals surface area (Å²) >= 11 is 6.80. The van der Waals surface area contributed by atoms with Crippen LogP contribution in [0.5, 0.6) is 11.5 Å². The summed E-state index contributed by atoms with van der Waals surface area (Å²) in [7, 11) is -1.13. The molecule has 3 aromatic rings. The van der Waals surface area contributed by atoms with Gasteiger partial charge in [-0.25, -0.2) is 4.98 Å². The standard InChI is InChI=1S/C25H28ClN6O2Si/c1-17-30-22-7-6-20(11-23(22)31(17)16-33-9-10-35(2,3)4)34-24-8-5-18-12-29-32(15-21(18)25(24)26)19-13-27-28-14-19/h5-8,11-14H,9-10,15-16H2,1-4H3. The van der Waals surface area contributed by atoms with Gasteiger partial charge in [-0.05, 0) is 37.2 Å². The maximum Gasteiger partial charge on any atom is 0.146 e. The van der Waals surface area contributed by atoms with Gasteiger partial charge in [-0.2, -0.15) is 15.6 Å². The molecule has 0 saturated carbocycles. The number of ether oxygens (including phenoxy) is 2. The third-order valence-corrected chi connectivity index (χ3v) is 8.11. The number of rotatable bonds is 8. The molecule has 181 valence electrons. The lowest BCUT2D eigenvalue weighted by molar-refractivity contribution is 0.0885. The number of imidazole rings is 1. The highest BCUT2D eigenvalue weighted by atomic mass is 35.5. The number of aromatic nitrogens is 2. The number of fused-ring (bicyclic) bond motifs is 2. The summed E-state index contributed by atoms with van der Waals surface area (Å²) in [5.41, 5.74) is 8.48. The molecule has 1 aromatic heterocycles. The first-order valence-electron chi connectivity index (χ1n) is 11.6. The minimum absolute atomic E-state index is 0.469. The number of hydrazone groups is 1. The van der Waals surface area contributed by atoms with E-state index in [9.17, 15) is 0 Å². The third kappa shape index (κ3) is 5.12. The normalized spacial score (nSPS) is 14.9. The van der Waals surface area contributed by atoms with Crippen molar-refractivity contribution in [1.29, 1.82) is 0 Å². The second kappa shape index (κ2) is 9.48. The summed E-state index contributed by atoms with van der Waals surface area (Å²) < 4.78 is 14.3. The summed E-state index contributed by atoms with van der Waals surface area (Å²) in [5, 5.41) is 10.7. The zero-order chi connectivity index (χ0) is 24.6. The highest BCUT2D eigenvalue weighted by Gasteiger charge is 2.21. The van der Waals surface area contributed by atoms with Crippen LogP contribution in [0.1, 0.15) is 17.0 Å². The predicted molar refractivity (Wildman–Crippen MR) is 142 cm³/mol. The van der Waals surface area contributed by atoms with Crippen molar-refractivity contribution in [3.63, 3.8) is 0 Å². The summed E-state index contributed by atoms with van der Waals surface area (Å²) in [5.74, 6) is 2.19. The first kappa shape index (κ1) is 23.6. The molecular formula is C25H28ClN6O2Si. The number of halogens is 1. The minimum Gasteiger partial charge on any atom is -0.456 e. The number of benzene rings is 2. The Labute approximate surface area is 210 Å². The van der Waals surface area contributed by atoms with Crippen molar-refractivity contribution < 1.29 is 9.47 Å². The van der Waals surface area contributed by atoms with Crippen molar-refractivity contribution in [1.82, 2.24) is 20.0 Å². The van der Waals surface area contributed by atoms with Crippen molar-refractivity contribution in [3.8, 4) is 11.5 Å². The number of hydrogen-bond donors (Lipinski definition) is 0. The fourth-order valence-electron chi connectivity index (χ4n) is 3.92. The molecule has 0 fully saturated rings. The summed E-state index contributed by atoms with van der Waals surface area (Å²) in [6, 6.07) is 10.8. The fraction of sp³-hybridized carbons (Fsp3) is 0.320. The minimum atomic E-state index is -1.13. The van der Waals surface area contributed by atoms with E-state index in [4.69, 9.17) is 21.1 Å². The predicted octanol–water partition coefficient (Wildman–Crippen LogP) is 5.70. The zero-order valence-corrected chi connectivity index (χ0v) is 22.1. The largest absolute Gasteiger partial charge is 0.456 e. The average Bonchev–Trinajstić information content (AvgIpc) is 3.46. The van der Waals surface area contributed by atoms with Crippen LogP contribution in [0.4, 0.5) is 0 Å². The van der Waals surface area contributed by atoms with E-state index in [-0.39, 0.29) is 0 Å². The Morgan fingerprint density at radius 3 is 2.74 bits per heavy atom. The molecule has 1 radical (unpaired) electrons. The van der Waals surface area contributed by atoms with E-state index < -0.39 is 8.07 Å². The Bertz CT molecular complexity index is 1360. The molecule has 0 aliphatic carbocycles. The van der Waals surface area contributed by atoms with Gasteiger partial charge in [0.25, 0.3) is 0 Å². The average molecular weight is 508 g/mol. The van der Waals surface area contributed by atoms with Gasteiger partial charge in [-0.1, -0.05) is 31.2 Å². The molecule has 5 rings (SSSR count). The van der Waals surface area contributed by atoms with Gasteiger partial charge in [0.15, 0.2) is 0 Å². The van der Waals surface area contributed by atoms with Gasteiger partial charge in [0.05, 0.1) is 41.2 Å².